The van der Waals surface area contributed by atoms with Gasteiger partial charge in [0.1, 0.15) is 5.82 Å². The van der Waals surface area contributed by atoms with E-state index in [0.29, 0.717) is 0 Å². The molecule has 0 saturated heterocycles. The number of hydrogen-bond donors (Lipinski definition) is 1. The molecule has 0 aliphatic carbocycles. The van der Waals surface area contributed by atoms with Crippen molar-refractivity contribution < 1.29 is 4.39 Å². The van der Waals surface area contributed by atoms with Gasteiger partial charge < -0.3 is 9.62 Å². The second kappa shape index (κ2) is 10.5. The number of anilines is 2. The van der Waals surface area contributed by atoms with Crippen molar-refractivity contribution in [2.75, 3.05) is 16.7 Å². The summed E-state index contributed by atoms with van der Waals surface area (Å²) in [5.74, 6) is 4.11. The van der Waals surface area contributed by atoms with Gasteiger partial charge in [-0.2, -0.15) is 0 Å². The number of hydrogen-bond acceptors (Lipinski definition) is 2. The van der Waals surface area contributed by atoms with Crippen LogP contribution >= 0.6 is 10.7 Å². The highest BCUT2D eigenvalue weighted by Crippen LogP contribution is 2.37. The minimum atomic E-state index is -0.397. The van der Waals surface area contributed by atoms with E-state index in [1.165, 1.54) is 12.1 Å². The Bertz CT molecular complexity index is 921. The van der Waals surface area contributed by atoms with Gasteiger partial charge in [-0.1, -0.05) is 79.4 Å². The van der Waals surface area contributed by atoms with Gasteiger partial charge in [0.15, 0.2) is 0 Å². The molecular weight excluding hydrogens is 367 g/mol. The second-order valence-corrected chi connectivity index (χ2v) is 7.52. The van der Waals surface area contributed by atoms with Gasteiger partial charge in [0.05, 0.1) is 5.69 Å². The van der Waals surface area contributed by atoms with E-state index in [4.69, 9.17) is 0 Å². The first-order valence-corrected chi connectivity index (χ1v) is 10.5. The summed E-state index contributed by atoms with van der Waals surface area (Å²) in [5.41, 5.74) is 3.62. The van der Waals surface area contributed by atoms with Crippen LogP contribution in [0.4, 0.5) is 15.8 Å². The van der Waals surface area contributed by atoms with Crippen LogP contribution in [0.25, 0.3) is 5.70 Å². The maximum atomic E-state index is 13.1. The fourth-order valence-electron chi connectivity index (χ4n) is 2.57. The predicted octanol–water partition coefficient (Wildman–Crippen LogP) is 7.05. The minimum Gasteiger partial charge on any atom is -0.355 e. The molecule has 0 saturated carbocycles. The Morgan fingerprint density at radius 3 is 2.11 bits per heavy atom. The molecule has 0 spiro atoms. The summed E-state index contributed by atoms with van der Waals surface area (Å²) in [5, 5.41) is 3.36. The molecule has 3 aromatic carbocycles. The standard InChI is InChI=1S/C22H21FN2S.C2H6/c1-17(18-13-15-19(23)16-14-18)24-21-11-7-8-12-22(21)26(3)25(2)20-9-5-4-6-10-20;1-2/h4-16,24H,1,3H2,2H3;1-2H3. The molecule has 0 aliphatic rings. The van der Waals surface area contributed by atoms with Crippen molar-refractivity contribution in [3.05, 3.63) is 96.8 Å². The van der Waals surface area contributed by atoms with Gasteiger partial charge in [-0.15, -0.1) is 0 Å². The SMILES string of the molecule is C=C(Nc1ccccc1S(=C)N(C)c1ccccc1)c1ccc(F)cc1.CC. The van der Waals surface area contributed by atoms with Crippen molar-refractivity contribution in [1.82, 2.24) is 0 Å². The van der Waals surface area contributed by atoms with Crippen LogP contribution in [0.3, 0.4) is 0 Å². The second-order valence-electron chi connectivity index (χ2n) is 5.80. The lowest BCUT2D eigenvalue weighted by molar-refractivity contribution is 0.627. The van der Waals surface area contributed by atoms with Gasteiger partial charge in [-0.3, -0.25) is 0 Å². The van der Waals surface area contributed by atoms with Crippen molar-refractivity contribution in [3.8, 4) is 0 Å². The molecule has 0 bridgehead atoms. The molecule has 2 nitrogen and oxygen atoms in total. The predicted molar refractivity (Wildman–Crippen MR) is 125 cm³/mol. The van der Waals surface area contributed by atoms with E-state index in [-0.39, 0.29) is 5.82 Å². The van der Waals surface area contributed by atoms with E-state index in [9.17, 15) is 4.39 Å². The van der Waals surface area contributed by atoms with E-state index in [2.05, 4.69) is 40.3 Å². The third kappa shape index (κ3) is 5.33. The van der Waals surface area contributed by atoms with Crippen LogP contribution in [-0.2, 0) is 0 Å². The highest BCUT2D eigenvalue weighted by molar-refractivity contribution is 8.15. The normalized spacial score (nSPS) is 11.0. The highest BCUT2D eigenvalue weighted by atomic mass is 32.2. The lowest BCUT2D eigenvalue weighted by atomic mass is 10.1. The summed E-state index contributed by atoms with van der Waals surface area (Å²) in [7, 11) is 1.64. The van der Waals surface area contributed by atoms with E-state index in [1.807, 2.05) is 57.3 Å². The monoisotopic (exact) mass is 394 g/mol. The molecule has 146 valence electrons. The topological polar surface area (TPSA) is 15.3 Å². The van der Waals surface area contributed by atoms with Crippen molar-refractivity contribution >= 4 is 33.6 Å². The Kier molecular flexibility index (Phi) is 8.02. The molecule has 3 aromatic rings. The summed E-state index contributed by atoms with van der Waals surface area (Å²) < 4.78 is 15.3. The molecule has 3 rings (SSSR count). The summed E-state index contributed by atoms with van der Waals surface area (Å²) in [6.45, 7) is 8.09. The van der Waals surface area contributed by atoms with Crippen LogP contribution in [0.15, 0.2) is 90.3 Å². The van der Waals surface area contributed by atoms with Gasteiger partial charge >= 0.3 is 0 Å². The molecule has 0 heterocycles. The maximum absolute atomic E-state index is 13.1. The first-order chi connectivity index (χ1) is 13.6. The number of benzene rings is 3. The molecular formula is C24H27FN2S. The Morgan fingerprint density at radius 1 is 0.893 bits per heavy atom. The van der Waals surface area contributed by atoms with Crippen molar-refractivity contribution in [2.45, 2.75) is 18.7 Å². The average molecular weight is 395 g/mol. The number of halogens is 1. The molecule has 0 aliphatic heterocycles. The summed E-state index contributed by atoms with van der Waals surface area (Å²) >= 11 is 0. The smallest absolute Gasteiger partial charge is 0.123 e. The third-order valence-electron chi connectivity index (χ3n) is 4.07. The quantitative estimate of drug-likeness (QED) is 0.451. The number of rotatable bonds is 6. The van der Waals surface area contributed by atoms with E-state index >= 15 is 0 Å². The summed E-state index contributed by atoms with van der Waals surface area (Å²) in [6, 6.07) is 24.5. The van der Waals surface area contributed by atoms with Crippen LogP contribution in [0, 0.1) is 5.82 Å². The summed E-state index contributed by atoms with van der Waals surface area (Å²) in [6.07, 6.45) is 0. The van der Waals surface area contributed by atoms with Gasteiger partial charge in [0.2, 0.25) is 0 Å². The van der Waals surface area contributed by atoms with Crippen LogP contribution in [-0.4, -0.2) is 12.9 Å². The fraction of sp³-hybridized carbons (Fsp3) is 0.125. The molecule has 0 amide bonds. The van der Waals surface area contributed by atoms with E-state index in [0.717, 1.165) is 27.5 Å². The minimum absolute atomic E-state index is 0.259. The molecule has 4 heteroatoms. The first kappa shape index (κ1) is 21.5. The molecule has 1 atom stereocenters. The van der Waals surface area contributed by atoms with Crippen LogP contribution in [0.2, 0.25) is 0 Å². The summed E-state index contributed by atoms with van der Waals surface area (Å²) in [4.78, 5) is 1.09. The fourth-order valence-corrected chi connectivity index (χ4v) is 3.85. The Morgan fingerprint density at radius 2 is 1.46 bits per heavy atom. The van der Waals surface area contributed by atoms with E-state index < -0.39 is 10.7 Å². The molecule has 0 aromatic heterocycles. The first-order valence-electron chi connectivity index (χ1n) is 9.20. The Labute approximate surface area is 170 Å². The van der Waals surface area contributed by atoms with Crippen molar-refractivity contribution in [2.24, 2.45) is 0 Å². The van der Waals surface area contributed by atoms with Crippen molar-refractivity contribution in [3.63, 3.8) is 0 Å². The molecule has 1 unspecified atom stereocenters. The van der Waals surface area contributed by atoms with Crippen molar-refractivity contribution in [1.29, 1.82) is 0 Å². The average Bonchev–Trinajstić information content (AvgIpc) is 2.75. The van der Waals surface area contributed by atoms with E-state index in [1.54, 1.807) is 12.1 Å². The lowest BCUT2D eigenvalue weighted by Crippen LogP contribution is -2.10. The van der Waals surface area contributed by atoms with Crippen LogP contribution in [0.5, 0.6) is 0 Å². The Balaban J connectivity index is 0.00000136. The molecule has 0 radical (unpaired) electrons. The van der Waals surface area contributed by atoms with Gasteiger partial charge in [-0.25, -0.2) is 4.39 Å². The number of nitrogens with zero attached hydrogens (tertiary/aromatic N) is 1. The molecule has 28 heavy (non-hydrogen) atoms. The maximum Gasteiger partial charge on any atom is 0.123 e. The van der Waals surface area contributed by atoms with Gasteiger partial charge in [0, 0.05) is 23.3 Å². The zero-order valence-corrected chi connectivity index (χ0v) is 17.5. The largest absolute Gasteiger partial charge is 0.355 e. The molecule has 0 fully saturated rings. The number of nitrogens with one attached hydrogen (secondary N) is 1. The zero-order chi connectivity index (χ0) is 20.5. The van der Waals surface area contributed by atoms with Gasteiger partial charge in [-0.05, 0) is 42.0 Å². The highest BCUT2D eigenvalue weighted by Gasteiger charge is 2.11. The van der Waals surface area contributed by atoms with Gasteiger partial charge in [0.25, 0.3) is 0 Å². The molecule has 1 N–H and O–H groups in total. The lowest BCUT2D eigenvalue weighted by Gasteiger charge is -2.25. The van der Waals surface area contributed by atoms with Crippen LogP contribution in [0.1, 0.15) is 19.4 Å². The number of para-hydroxylation sites is 2. The van der Waals surface area contributed by atoms with Crippen LogP contribution < -0.4 is 9.62 Å². The third-order valence-corrected chi connectivity index (χ3v) is 5.81. The zero-order valence-electron chi connectivity index (χ0n) is 16.7. The Hall–Kier alpha value is -2.85.